The largest absolute Gasteiger partial charge is 0.454 e. The van der Waals surface area contributed by atoms with E-state index in [9.17, 15) is 8.42 Å². The lowest BCUT2D eigenvalue weighted by molar-refractivity contribution is 0.174. The smallest absolute Gasteiger partial charge is 0.242 e. The summed E-state index contributed by atoms with van der Waals surface area (Å²) in [4.78, 5) is 3.53. The van der Waals surface area contributed by atoms with Crippen LogP contribution in [0.5, 0.6) is 11.5 Å². The molecule has 5 rings (SSSR count). The fourth-order valence-corrected chi connectivity index (χ4v) is 5.18. The molecule has 0 bridgehead atoms. The molecule has 0 atom stereocenters. The van der Waals surface area contributed by atoms with Gasteiger partial charge in [0, 0.05) is 42.2 Å². The summed E-state index contributed by atoms with van der Waals surface area (Å²) in [6.45, 7) is 0.573. The van der Waals surface area contributed by atoms with Crippen LogP contribution in [-0.2, 0) is 15.4 Å². The number of aromatic nitrogens is 1. The number of ether oxygens (including phenoxy) is 2. The van der Waals surface area contributed by atoms with E-state index in [1.54, 1.807) is 25.2 Å². The van der Waals surface area contributed by atoms with Crippen molar-refractivity contribution in [1.29, 1.82) is 0 Å². The van der Waals surface area contributed by atoms with Crippen LogP contribution in [-0.4, -0.2) is 38.1 Å². The van der Waals surface area contributed by atoms with E-state index in [4.69, 9.17) is 9.47 Å². The first kappa shape index (κ1) is 16.6. The van der Waals surface area contributed by atoms with Gasteiger partial charge in [-0.3, -0.25) is 0 Å². The van der Waals surface area contributed by atoms with Crippen LogP contribution in [0.4, 0.5) is 0 Å². The van der Waals surface area contributed by atoms with Gasteiger partial charge in [-0.2, -0.15) is 0 Å². The summed E-state index contributed by atoms with van der Waals surface area (Å²) in [5.74, 6) is 1.05. The fraction of sp³-hybridized carbons (Fsp3) is 0.300. The van der Waals surface area contributed by atoms with Gasteiger partial charge in [-0.1, -0.05) is 18.2 Å². The zero-order chi connectivity index (χ0) is 18.6. The standard InChI is InChI=1S/C20H20N2O4S/c1-22(27(23,24)14-6-7-18-19(10-14)26-13-25-18)12-20(8-9-20)16-11-21-17-5-3-2-4-15(16)17/h2-7,10-11,21H,8-9,12-13H2,1H3. The van der Waals surface area contributed by atoms with Gasteiger partial charge in [0.05, 0.1) is 4.90 Å². The molecular formula is C20H20N2O4S. The van der Waals surface area contributed by atoms with Crippen molar-refractivity contribution >= 4 is 20.9 Å². The zero-order valence-electron chi connectivity index (χ0n) is 14.9. The molecule has 0 amide bonds. The highest BCUT2D eigenvalue weighted by atomic mass is 32.2. The minimum absolute atomic E-state index is 0.123. The van der Waals surface area contributed by atoms with E-state index in [0.29, 0.717) is 18.0 Å². The highest BCUT2D eigenvalue weighted by Crippen LogP contribution is 2.51. The number of benzene rings is 2. The predicted octanol–water partition coefficient (Wildman–Crippen LogP) is 3.25. The SMILES string of the molecule is CN(CC1(c2c[nH]c3ccccc23)CC1)S(=O)(=O)c1ccc2c(c1)OCO2. The van der Waals surface area contributed by atoms with Crippen molar-refractivity contribution in [3.05, 3.63) is 54.2 Å². The van der Waals surface area contributed by atoms with E-state index in [1.165, 1.54) is 15.3 Å². The summed E-state index contributed by atoms with van der Waals surface area (Å²) in [5.41, 5.74) is 2.16. The second-order valence-electron chi connectivity index (χ2n) is 7.30. The number of nitrogens with zero attached hydrogens (tertiary/aromatic N) is 1. The second kappa shape index (κ2) is 5.74. The maximum atomic E-state index is 13.1. The Hall–Kier alpha value is -2.51. The Balaban J connectivity index is 1.45. The van der Waals surface area contributed by atoms with E-state index in [0.717, 1.165) is 18.4 Å². The highest BCUT2D eigenvalue weighted by molar-refractivity contribution is 7.89. The second-order valence-corrected chi connectivity index (χ2v) is 9.35. The first-order chi connectivity index (χ1) is 13.0. The molecule has 6 nitrogen and oxygen atoms in total. The number of likely N-dealkylation sites (N-methyl/N-ethyl adjacent to an activating group) is 1. The van der Waals surface area contributed by atoms with Crippen LogP contribution in [0.2, 0.25) is 0 Å². The summed E-state index contributed by atoms with van der Waals surface area (Å²) in [5, 5.41) is 1.17. The van der Waals surface area contributed by atoms with Crippen LogP contribution >= 0.6 is 0 Å². The molecule has 1 aromatic heterocycles. The Labute approximate surface area is 157 Å². The number of nitrogens with one attached hydrogen (secondary N) is 1. The van der Waals surface area contributed by atoms with Gasteiger partial charge >= 0.3 is 0 Å². The van der Waals surface area contributed by atoms with Gasteiger partial charge in [-0.05, 0) is 36.6 Å². The Bertz CT molecular complexity index is 1130. The quantitative estimate of drug-likeness (QED) is 0.733. The molecule has 2 aliphatic rings. The normalized spacial score (nSPS) is 17.6. The number of sulfonamides is 1. The first-order valence-electron chi connectivity index (χ1n) is 8.92. The third kappa shape index (κ3) is 2.61. The van der Waals surface area contributed by atoms with Crippen molar-refractivity contribution < 1.29 is 17.9 Å². The summed E-state index contributed by atoms with van der Waals surface area (Å²) in [6.07, 6.45) is 3.99. The molecule has 1 N–H and O–H groups in total. The van der Waals surface area contributed by atoms with Gasteiger partial charge in [0.15, 0.2) is 11.5 Å². The van der Waals surface area contributed by atoms with Crippen LogP contribution in [0.15, 0.2) is 53.6 Å². The zero-order valence-corrected chi connectivity index (χ0v) is 15.8. The van der Waals surface area contributed by atoms with E-state index in [-0.39, 0.29) is 17.1 Å². The lowest BCUT2D eigenvalue weighted by Gasteiger charge is -2.23. The van der Waals surface area contributed by atoms with Gasteiger partial charge in [0.2, 0.25) is 16.8 Å². The minimum atomic E-state index is -3.61. The van der Waals surface area contributed by atoms with Crippen molar-refractivity contribution in [3.63, 3.8) is 0 Å². The average Bonchev–Trinajstić information content (AvgIpc) is 3.10. The topological polar surface area (TPSA) is 71.6 Å². The lowest BCUT2D eigenvalue weighted by Crippen LogP contribution is -2.34. The molecule has 0 unspecified atom stereocenters. The molecule has 7 heteroatoms. The van der Waals surface area contributed by atoms with Crippen LogP contribution < -0.4 is 9.47 Å². The Kier molecular flexibility index (Phi) is 3.54. The molecule has 1 saturated carbocycles. The molecule has 1 aliphatic carbocycles. The summed E-state index contributed by atoms with van der Waals surface area (Å²) < 4.78 is 38.2. The molecule has 27 heavy (non-hydrogen) atoms. The number of H-pyrrole nitrogens is 1. The number of aromatic amines is 1. The van der Waals surface area contributed by atoms with E-state index >= 15 is 0 Å². The average molecular weight is 384 g/mol. The van der Waals surface area contributed by atoms with E-state index < -0.39 is 10.0 Å². The van der Waals surface area contributed by atoms with Crippen molar-refractivity contribution in [1.82, 2.24) is 9.29 Å². The Morgan fingerprint density at radius 1 is 1.11 bits per heavy atom. The molecule has 1 fully saturated rings. The lowest BCUT2D eigenvalue weighted by atomic mass is 9.95. The third-order valence-corrected chi connectivity index (χ3v) is 7.39. The first-order valence-corrected chi connectivity index (χ1v) is 10.4. The van der Waals surface area contributed by atoms with Gasteiger partial charge in [-0.15, -0.1) is 0 Å². The minimum Gasteiger partial charge on any atom is -0.454 e. The van der Waals surface area contributed by atoms with Gasteiger partial charge in [-0.25, -0.2) is 12.7 Å². The Morgan fingerprint density at radius 2 is 1.89 bits per heavy atom. The van der Waals surface area contributed by atoms with Gasteiger partial charge < -0.3 is 14.5 Å². The Morgan fingerprint density at radius 3 is 2.70 bits per heavy atom. The monoisotopic (exact) mass is 384 g/mol. The molecule has 2 heterocycles. The molecule has 2 aromatic carbocycles. The van der Waals surface area contributed by atoms with Crippen LogP contribution in [0.25, 0.3) is 10.9 Å². The van der Waals surface area contributed by atoms with E-state index in [1.807, 2.05) is 24.4 Å². The maximum absolute atomic E-state index is 13.1. The van der Waals surface area contributed by atoms with Crippen molar-refractivity contribution in [2.24, 2.45) is 0 Å². The number of para-hydroxylation sites is 1. The van der Waals surface area contributed by atoms with Crippen LogP contribution in [0.3, 0.4) is 0 Å². The van der Waals surface area contributed by atoms with Crippen LogP contribution in [0.1, 0.15) is 18.4 Å². The summed E-state index contributed by atoms with van der Waals surface area (Å²) in [7, 11) is -1.96. The van der Waals surface area contributed by atoms with Crippen molar-refractivity contribution in [3.8, 4) is 11.5 Å². The molecule has 0 spiro atoms. The van der Waals surface area contributed by atoms with Gasteiger partial charge in [0.25, 0.3) is 0 Å². The molecule has 1 aliphatic heterocycles. The molecule has 0 saturated heterocycles. The summed E-state index contributed by atoms with van der Waals surface area (Å²) in [6, 6.07) is 12.9. The maximum Gasteiger partial charge on any atom is 0.242 e. The van der Waals surface area contributed by atoms with Crippen molar-refractivity contribution in [2.45, 2.75) is 23.2 Å². The number of fused-ring (bicyclic) bond motifs is 2. The fourth-order valence-electron chi connectivity index (χ4n) is 3.90. The molecule has 3 aromatic rings. The predicted molar refractivity (Wildman–Crippen MR) is 102 cm³/mol. The summed E-state index contributed by atoms with van der Waals surface area (Å²) >= 11 is 0. The molecular weight excluding hydrogens is 364 g/mol. The number of hydrogen-bond donors (Lipinski definition) is 1. The number of rotatable bonds is 5. The molecule has 140 valence electrons. The highest BCUT2D eigenvalue weighted by Gasteiger charge is 2.48. The number of hydrogen-bond acceptors (Lipinski definition) is 4. The van der Waals surface area contributed by atoms with Gasteiger partial charge in [0.1, 0.15) is 0 Å². The van der Waals surface area contributed by atoms with Crippen molar-refractivity contribution in [2.75, 3.05) is 20.4 Å². The third-order valence-electron chi connectivity index (χ3n) is 5.59. The van der Waals surface area contributed by atoms with Crippen LogP contribution in [0, 0.1) is 0 Å². The van der Waals surface area contributed by atoms with E-state index in [2.05, 4.69) is 11.1 Å². The molecule has 0 radical (unpaired) electrons.